The lowest BCUT2D eigenvalue weighted by atomic mass is 9.95. The summed E-state index contributed by atoms with van der Waals surface area (Å²) in [6.45, 7) is 1.61. The van der Waals surface area contributed by atoms with Gasteiger partial charge in [-0.3, -0.25) is 14.5 Å². The number of aliphatic hydroxyl groups excluding tert-OH is 1. The van der Waals surface area contributed by atoms with Crippen LogP contribution in [0.2, 0.25) is 0 Å². The number of anilines is 1. The molecule has 176 valence electrons. The number of amides is 1. The van der Waals surface area contributed by atoms with E-state index in [9.17, 15) is 19.5 Å². The molecule has 1 N–H and O–H groups in total. The van der Waals surface area contributed by atoms with Crippen molar-refractivity contribution in [3.63, 3.8) is 0 Å². The number of thiophene rings is 1. The van der Waals surface area contributed by atoms with Gasteiger partial charge in [-0.2, -0.15) is 0 Å². The van der Waals surface area contributed by atoms with Gasteiger partial charge in [0, 0.05) is 0 Å². The van der Waals surface area contributed by atoms with Crippen molar-refractivity contribution in [2.45, 2.75) is 13.0 Å². The summed E-state index contributed by atoms with van der Waals surface area (Å²) >= 11 is 2.14. The molecule has 3 aromatic rings. The number of benzene rings is 1. The first kappa shape index (κ1) is 23.5. The van der Waals surface area contributed by atoms with Crippen LogP contribution >= 0.6 is 22.7 Å². The number of carbonyl (C=O) groups excluding carboxylic acids is 3. The quantitative estimate of drug-likeness (QED) is 0.381. The standard InChI is InChI=1S/C23H20N2O7S2/c1-11-20(22(29)32-4)34-23(24-11)25-17(12-7-8-13(30-2)14(10-12)31-3)16(19(27)21(25)28)18(26)15-6-5-9-33-15/h5-10,17,27H,1-4H3/t17-/m0/s1. The number of aryl methyl sites for hydroxylation is 1. The molecule has 4 rings (SSSR count). The number of ketones is 1. The molecule has 34 heavy (non-hydrogen) atoms. The first-order valence-corrected chi connectivity index (χ1v) is 11.6. The molecular weight excluding hydrogens is 480 g/mol. The molecule has 1 aliphatic rings. The van der Waals surface area contributed by atoms with Gasteiger partial charge in [-0.1, -0.05) is 23.5 Å². The van der Waals surface area contributed by atoms with Gasteiger partial charge in [-0.25, -0.2) is 9.78 Å². The molecule has 1 atom stereocenters. The van der Waals surface area contributed by atoms with Crippen LogP contribution in [0.4, 0.5) is 5.13 Å². The van der Waals surface area contributed by atoms with E-state index in [0.29, 0.717) is 27.6 Å². The zero-order valence-corrected chi connectivity index (χ0v) is 20.3. The summed E-state index contributed by atoms with van der Waals surface area (Å²) in [5.74, 6) is -1.71. The second-order valence-electron chi connectivity index (χ2n) is 7.16. The molecule has 0 saturated heterocycles. The number of rotatable bonds is 7. The molecule has 0 bridgehead atoms. The number of thiazole rings is 1. The first-order chi connectivity index (χ1) is 16.3. The van der Waals surface area contributed by atoms with Crippen LogP contribution in [0, 0.1) is 6.92 Å². The Kier molecular flexibility index (Phi) is 6.40. The Morgan fingerprint density at radius 3 is 2.47 bits per heavy atom. The van der Waals surface area contributed by atoms with Crippen LogP contribution in [-0.2, 0) is 9.53 Å². The molecule has 0 unspecified atom stereocenters. The van der Waals surface area contributed by atoms with Gasteiger partial charge in [-0.05, 0) is 36.1 Å². The van der Waals surface area contributed by atoms with Crippen molar-refractivity contribution in [2.24, 2.45) is 0 Å². The molecule has 2 aromatic heterocycles. The number of nitrogens with zero attached hydrogens (tertiary/aromatic N) is 2. The van der Waals surface area contributed by atoms with Gasteiger partial charge >= 0.3 is 5.97 Å². The third-order valence-electron chi connectivity index (χ3n) is 5.28. The maximum Gasteiger partial charge on any atom is 0.350 e. The molecule has 1 amide bonds. The van der Waals surface area contributed by atoms with E-state index in [2.05, 4.69) is 4.98 Å². The fourth-order valence-electron chi connectivity index (χ4n) is 3.68. The number of methoxy groups -OCH3 is 3. The average molecular weight is 501 g/mol. The Hall–Kier alpha value is -3.70. The molecule has 9 nitrogen and oxygen atoms in total. The Bertz CT molecular complexity index is 1310. The summed E-state index contributed by atoms with van der Waals surface area (Å²) in [6.07, 6.45) is 0. The molecule has 11 heteroatoms. The second kappa shape index (κ2) is 9.27. The van der Waals surface area contributed by atoms with Gasteiger partial charge in [0.05, 0.1) is 43.5 Å². The van der Waals surface area contributed by atoms with Crippen molar-refractivity contribution in [3.8, 4) is 11.5 Å². The number of Topliss-reactive ketones (excluding diaryl/α,β-unsaturated/α-hetero) is 1. The highest BCUT2D eigenvalue weighted by atomic mass is 32.1. The lowest BCUT2D eigenvalue weighted by molar-refractivity contribution is -0.117. The zero-order chi connectivity index (χ0) is 24.6. The van der Waals surface area contributed by atoms with E-state index in [-0.39, 0.29) is 15.6 Å². The van der Waals surface area contributed by atoms with Crippen molar-refractivity contribution in [2.75, 3.05) is 26.2 Å². The van der Waals surface area contributed by atoms with Crippen molar-refractivity contribution in [3.05, 3.63) is 68.1 Å². The molecule has 1 aliphatic heterocycles. The molecule has 0 aliphatic carbocycles. The van der Waals surface area contributed by atoms with E-state index >= 15 is 0 Å². The SMILES string of the molecule is COC(=O)c1sc(N2C(=O)C(O)=C(C(=O)c3cccs3)[C@@H]2c2ccc(OC)c(OC)c2)nc1C. The fourth-order valence-corrected chi connectivity index (χ4v) is 5.37. The van der Waals surface area contributed by atoms with Crippen molar-refractivity contribution < 1.29 is 33.7 Å². The lowest BCUT2D eigenvalue weighted by Gasteiger charge is -2.25. The summed E-state index contributed by atoms with van der Waals surface area (Å²) in [6, 6.07) is 7.27. The Morgan fingerprint density at radius 2 is 1.85 bits per heavy atom. The fraction of sp³-hybridized carbons (Fsp3) is 0.217. The Labute approximate surface area is 202 Å². The topological polar surface area (TPSA) is 115 Å². The van der Waals surface area contributed by atoms with Crippen molar-refractivity contribution in [1.29, 1.82) is 0 Å². The van der Waals surface area contributed by atoms with E-state index < -0.39 is 29.5 Å². The van der Waals surface area contributed by atoms with Gasteiger partial charge < -0.3 is 19.3 Å². The summed E-state index contributed by atoms with van der Waals surface area (Å²) in [5, 5.41) is 12.7. The number of hydrogen-bond acceptors (Lipinski definition) is 10. The van der Waals surface area contributed by atoms with E-state index in [0.717, 1.165) is 11.3 Å². The molecule has 0 radical (unpaired) electrons. The third-order valence-corrected chi connectivity index (χ3v) is 7.29. The largest absolute Gasteiger partial charge is 0.503 e. The van der Waals surface area contributed by atoms with Gasteiger partial charge in [0.1, 0.15) is 4.88 Å². The third kappa shape index (κ3) is 3.82. The molecule has 0 fully saturated rings. The summed E-state index contributed by atoms with van der Waals surface area (Å²) in [5.41, 5.74) is 0.762. The summed E-state index contributed by atoms with van der Waals surface area (Å²) < 4.78 is 15.5. The maximum atomic E-state index is 13.4. The maximum absolute atomic E-state index is 13.4. The van der Waals surface area contributed by atoms with E-state index in [1.54, 1.807) is 42.6 Å². The van der Waals surface area contributed by atoms with Crippen molar-refractivity contribution >= 4 is 45.5 Å². The van der Waals surface area contributed by atoms with E-state index in [4.69, 9.17) is 14.2 Å². The van der Waals surface area contributed by atoms with Gasteiger partial charge in [0.15, 0.2) is 22.4 Å². The average Bonchev–Trinajstić information content (AvgIpc) is 3.57. The van der Waals surface area contributed by atoms with Crippen LogP contribution in [0.15, 0.2) is 47.0 Å². The van der Waals surface area contributed by atoms with E-state index in [1.807, 2.05) is 0 Å². The Morgan fingerprint density at radius 1 is 1.12 bits per heavy atom. The highest BCUT2D eigenvalue weighted by molar-refractivity contribution is 7.17. The minimum absolute atomic E-state index is 0.0906. The minimum atomic E-state index is -1.02. The number of hydrogen-bond donors (Lipinski definition) is 1. The smallest absolute Gasteiger partial charge is 0.350 e. The Balaban J connectivity index is 1.90. The van der Waals surface area contributed by atoms with Crippen LogP contribution in [0.25, 0.3) is 0 Å². The van der Waals surface area contributed by atoms with Crippen LogP contribution in [0.1, 0.15) is 36.6 Å². The lowest BCUT2D eigenvalue weighted by Crippen LogP contribution is -2.31. The molecule has 3 heterocycles. The van der Waals surface area contributed by atoms with Crippen LogP contribution < -0.4 is 14.4 Å². The van der Waals surface area contributed by atoms with E-state index in [1.165, 1.54) is 37.6 Å². The van der Waals surface area contributed by atoms with Crippen LogP contribution in [0.3, 0.4) is 0 Å². The number of ether oxygens (including phenoxy) is 3. The van der Waals surface area contributed by atoms with Crippen LogP contribution in [-0.4, -0.2) is 49.1 Å². The summed E-state index contributed by atoms with van der Waals surface area (Å²) in [7, 11) is 4.21. The van der Waals surface area contributed by atoms with Crippen molar-refractivity contribution in [1.82, 2.24) is 4.98 Å². The number of esters is 1. The van der Waals surface area contributed by atoms with Gasteiger partial charge in [-0.15, -0.1) is 11.3 Å². The van der Waals surface area contributed by atoms with Crippen LogP contribution in [0.5, 0.6) is 11.5 Å². The highest BCUT2D eigenvalue weighted by Crippen LogP contribution is 2.45. The van der Waals surface area contributed by atoms with Gasteiger partial charge in [0.25, 0.3) is 5.91 Å². The molecule has 0 saturated carbocycles. The first-order valence-electron chi connectivity index (χ1n) is 9.94. The molecule has 1 aromatic carbocycles. The second-order valence-corrected chi connectivity index (χ2v) is 9.09. The molecular formula is C23H20N2O7S2. The minimum Gasteiger partial charge on any atom is -0.503 e. The number of aromatic nitrogens is 1. The predicted molar refractivity (Wildman–Crippen MR) is 126 cm³/mol. The van der Waals surface area contributed by atoms with Gasteiger partial charge in [0.2, 0.25) is 5.78 Å². The normalized spacial score (nSPS) is 15.6. The predicted octanol–water partition coefficient (Wildman–Crippen LogP) is 4.10. The number of aliphatic hydroxyl groups is 1. The molecule has 0 spiro atoms. The summed E-state index contributed by atoms with van der Waals surface area (Å²) in [4.78, 5) is 45.0. The number of carbonyl (C=O) groups is 3. The monoisotopic (exact) mass is 500 g/mol. The highest BCUT2D eigenvalue weighted by Gasteiger charge is 2.46. The zero-order valence-electron chi connectivity index (χ0n) is 18.6.